The van der Waals surface area contributed by atoms with Crippen molar-refractivity contribution in [3.63, 3.8) is 0 Å². The van der Waals surface area contributed by atoms with Crippen LogP contribution in [0.5, 0.6) is 0 Å². The predicted molar refractivity (Wildman–Crippen MR) is 160 cm³/mol. The third kappa shape index (κ3) is 5.00. The molecule has 4 nitrogen and oxygen atoms in total. The molecule has 0 amide bonds. The quantitative estimate of drug-likeness (QED) is 0.245. The summed E-state index contributed by atoms with van der Waals surface area (Å²) < 4.78 is 6.81. The molecule has 0 saturated heterocycles. The highest BCUT2D eigenvalue weighted by molar-refractivity contribution is 6.74. The Hall–Kier alpha value is -0.723. The number of fused-ring (bicyclic) bond motifs is 5. The summed E-state index contributed by atoms with van der Waals surface area (Å²) in [7, 11) is -2.32. The zero-order chi connectivity index (χ0) is 28.5. The van der Waals surface area contributed by atoms with Crippen molar-refractivity contribution in [2.24, 2.45) is 40.4 Å². The van der Waals surface area contributed by atoms with Crippen molar-refractivity contribution >= 4 is 8.32 Å². The van der Waals surface area contributed by atoms with Crippen molar-refractivity contribution in [2.45, 2.75) is 135 Å². The maximum atomic E-state index is 12.3. The van der Waals surface area contributed by atoms with Gasteiger partial charge >= 0.3 is 0 Å². The van der Waals surface area contributed by atoms with E-state index in [-0.39, 0.29) is 16.4 Å². The molecule has 220 valence electrons. The van der Waals surface area contributed by atoms with E-state index >= 15 is 0 Å². The Bertz CT molecular complexity index is 1020. The smallest absolute Gasteiger partial charge is 0.196 e. The van der Waals surface area contributed by atoms with Gasteiger partial charge in [0, 0.05) is 24.3 Å². The Kier molecular flexibility index (Phi) is 7.58. The lowest BCUT2D eigenvalue weighted by Gasteiger charge is -2.64. The van der Waals surface area contributed by atoms with E-state index in [2.05, 4.69) is 47.7 Å². The first-order valence-corrected chi connectivity index (χ1v) is 18.9. The minimum absolute atomic E-state index is 0.0536. The Morgan fingerprint density at radius 2 is 1.59 bits per heavy atom. The maximum Gasteiger partial charge on any atom is 0.196 e. The Balaban J connectivity index is 1.48. The molecule has 39 heavy (non-hydrogen) atoms. The van der Waals surface area contributed by atoms with E-state index in [0.717, 1.165) is 17.9 Å². The third-order valence-corrected chi connectivity index (χ3v) is 17.6. The van der Waals surface area contributed by atoms with Gasteiger partial charge in [0.15, 0.2) is 19.9 Å². The molecule has 4 saturated carbocycles. The second-order valence-electron chi connectivity index (χ2n) is 16.1. The number of hydrogen-bond donors (Lipinski definition) is 3. The summed E-state index contributed by atoms with van der Waals surface area (Å²) in [6.45, 7) is 15.9. The molecule has 1 aromatic rings. The fourth-order valence-electron chi connectivity index (χ4n) is 9.93. The molecule has 5 heteroatoms. The zero-order valence-corrected chi connectivity index (χ0v) is 26.8. The van der Waals surface area contributed by atoms with E-state index in [1.54, 1.807) is 0 Å². The van der Waals surface area contributed by atoms with Crippen LogP contribution in [-0.2, 0) is 10.2 Å². The van der Waals surface area contributed by atoms with Gasteiger partial charge in [0.1, 0.15) is 0 Å². The van der Waals surface area contributed by atoms with E-state index in [0.29, 0.717) is 42.4 Å². The minimum Gasteiger partial charge on any atom is -0.387 e. The molecular weight excluding hydrogens is 500 g/mol. The molecule has 1 aromatic carbocycles. The van der Waals surface area contributed by atoms with Gasteiger partial charge in [0.05, 0.1) is 0 Å². The van der Waals surface area contributed by atoms with Crippen LogP contribution in [0.4, 0.5) is 0 Å². The molecule has 8 atom stereocenters. The van der Waals surface area contributed by atoms with E-state index in [9.17, 15) is 15.3 Å². The second kappa shape index (κ2) is 9.93. The fourth-order valence-corrected chi connectivity index (χ4v) is 11.3. The standard InChI is InChI=1S/C34H56O4Si/c1-30(2,3)39(6,7)38-34(37,25-12-9-8-10-13-25)23-19-29-32(5)24(17-22-33(29,35)36)15-16-26-27-14-11-20-31(27,4)21-18-28(26)32/h8-10,12-13,24,26-29,35-37H,11,14-23H2,1-7H3/t24?,26-,27-,28+,29?,31-,32-,34?/m0/s1. The highest BCUT2D eigenvalue weighted by atomic mass is 28.4. The lowest BCUT2D eigenvalue weighted by molar-refractivity contribution is -0.291. The molecule has 3 N–H and O–H groups in total. The normalized spacial score (nSPS) is 39.8. The Morgan fingerprint density at radius 3 is 2.26 bits per heavy atom. The van der Waals surface area contributed by atoms with Gasteiger partial charge in [-0.2, -0.15) is 0 Å². The molecule has 3 unspecified atom stereocenters. The van der Waals surface area contributed by atoms with Crippen LogP contribution in [-0.4, -0.2) is 29.4 Å². The minimum atomic E-state index is -2.32. The van der Waals surface area contributed by atoms with E-state index in [4.69, 9.17) is 4.43 Å². The summed E-state index contributed by atoms with van der Waals surface area (Å²) in [5.41, 5.74) is 1.12. The van der Waals surface area contributed by atoms with Crippen LogP contribution in [0.25, 0.3) is 0 Å². The molecule has 0 aromatic heterocycles. The highest BCUT2D eigenvalue weighted by Crippen LogP contribution is 2.69. The van der Waals surface area contributed by atoms with Crippen molar-refractivity contribution in [1.29, 1.82) is 0 Å². The van der Waals surface area contributed by atoms with Gasteiger partial charge in [-0.05, 0) is 104 Å². The van der Waals surface area contributed by atoms with Crippen LogP contribution >= 0.6 is 0 Å². The van der Waals surface area contributed by atoms with Crippen LogP contribution in [0.15, 0.2) is 30.3 Å². The predicted octanol–water partition coefficient (Wildman–Crippen LogP) is 7.97. The average Bonchev–Trinajstić information content (AvgIpc) is 3.24. The van der Waals surface area contributed by atoms with E-state index < -0.39 is 19.9 Å². The summed E-state index contributed by atoms with van der Waals surface area (Å²) in [6, 6.07) is 9.81. The van der Waals surface area contributed by atoms with Gasteiger partial charge < -0.3 is 19.7 Å². The maximum absolute atomic E-state index is 12.3. The lowest BCUT2D eigenvalue weighted by Crippen LogP contribution is -2.62. The van der Waals surface area contributed by atoms with Crippen molar-refractivity contribution in [3.05, 3.63) is 35.9 Å². The lowest BCUT2D eigenvalue weighted by atomic mass is 9.42. The van der Waals surface area contributed by atoms with Crippen molar-refractivity contribution in [1.82, 2.24) is 0 Å². The molecule has 5 rings (SSSR count). The molecular formula is C34H56O4Si. The zero-order valence-electron chi connectivity index (χ0n) is 25.8. The van der Waals surface area contributed by atoms with Crippen LogP contribution in [0, 0.1) is 40.4 Å². The molecule has 0 heterocycles. The van der Waals surface area contributed by atoms with Gasteiger partial charge in [-0.15, -0.1) is 0 Å². The molecule has 4 fully saturated rings. The van der Waals surface area contributed by atoms with Crippen LogP contribution < -0.4 is 0 Å². The highest BCUT2D eigenvalue weighted by Gasteiger charge is 2.64. The largest absolute Gasteiger partial charge is 0.387 e. The van der Waals surface area contributed by atoms with Crippen molar-refractivity contribution in [2.75, 3.05) is 0 Å². The molecule has 4 aliphatic rings. The monoisotopic (exact) mass is 556 g/mol. The Labute approximate surface area is 239 Å². The molecule has 4 aliphatic carbocycles. The first-order chi connectivity index (χ1) is 18.0. The summed E-state index contributed by atoms with van der Waals surface area (Å²) in [5.74, 6) is -0.907. The van der Waals surface area contributed by atoms with Crippen molar-refractivity contribution < 1.29 is 19.7 Å². The van der Waals surface area contributed by atoms with Crippen molar-refractivity contribution in [3.8, 4) is 0 Å². The molecule has 0 radical (unpaired) electrons. The average molecular weight is 557 g/mol. The molecule has 0 spiro atoms. The number of rotatable bonds is 6. The number of hydrogen-bond acceptors (Lipinski definition) is 4. The Morgan fingerprint density at radius 1 is 0.897 bits per heavy atom. The summed E-state index contributed by atoms with van der Waals surface area (Å²) in [6.07, 6.45) is 11.3. The van der Waals surface area contributed by atoms with E-state index in [1.807, 2.05) is 30.3 Å². The first-order valence-electron chi connectivity index (χ1n) is 16.0. The first kappa shape index (κ1) is 29.8. The molecule has 0 bridgehead atoms. The number of benzene rings is 1. The van der Waals surface area contributed by atoms with Gasteiger partial charge in [0.25, 0.3) is 0 Å². The van der Waals surface area contributed by atoms with E-state index in [1.165, 1.54) is 44.9 Å². The summed E-state index contributed by atoms with van der Waals surface area (Å²) in [5, 5.41) is 35.5. The third-order valence-electron chi connectivity index (χ3n) is 13.1. The summed E-state index contributed by atoms with van der Waals surface area (Å²) >= 11 is 0. The number of aliphatic hydroxyl groups is 3. The second-order valence-corrected chi connectivity index (χ2v) is 20.8. The SMILES string of the molecule is CC(C)(C)[Si](C)(C)OC(O)(CCC1C(O)(O)CCC2CC[C@@H]3[C@@H](CC[C@]4(C)CCC[C@@H]34)[C@]21C)c1ccccc1. The van der Waals surface area contributed by atoms with Crippen LogP contribution in [0.3, 0.4) is 0 Å². The summed E-state index contributed by atoms with van der Waals surface area (Å²) in [4.78, 5) is 0. The van der Waals surface area contributed by atoms with Crippen LogP contribution in [0.2, 0.25) is 18.1 Å². The molecule has 0 aliphatic heterocycles. The van der Waals surface area contributed by atoms with Gasteiger partial charge in [-0.1, -0.05) is 71.4 Å². The van der Waals surface area contributed by atoms with Gasteiger partial charge in [-0.3, -0.25) is 0 Å². The fraction of sp³-hybridized carbons (Fsp3) is 0.824. The van der Waals surface area contributed by atoms with Gasteiger partial charge in [0.2, 0.25) is 0 Å². The van der Waals surface area contributed by atoms with Crippen LogP contribution in [0.1, 0.15) is 111 Å². The topological polar surface area (TPSA) is 69.9 Å². The van der Waals surface area contributed by atoms with Gasteiger partial charge in [-0.25, -0.2) is 0 Å².